The first-order chi connectivity index (χ1) is 20.2. The number of nitrogens with two attached hydrogens (primary N) is 2. The van der Waals surface area contributed by atoms with Crippen LogP contribution in [0.4, 0.5) is 5.95 Å². The van der Waals surface area contributed by atoms with Gasteiger partial charge >= 0.3 is 0 Å². The number of benzene rings is 2. The zero-order valence-corrected chi connectivity index (χ0v) is 25.9. The van der Waals surface area contributed by atoms with Crippen molar-refractivity contribution in [3.8, 4) is 21.6 Å². The van der Waals surface area contributed by atoms with Gasteiger partial charge in [-0.1, -0.05) is 37.8 Å². The van der Waals surface area contributed by atoms with Gasteiger partial charge < -0.3 is 20.8 Å². The SMILES string of the molecule is C[Si](C)(C)CCOCn1ncc2cc(-c3cn(CCCC(N)=O)c4cnc(N)nc34)cc(-c3cc4ccccc4s3)c21. The van der Waals surface area contributed by atoms with Crippen LogP contribution in [0, 0.1) is 0 Å². The number of aryl methyl sites for hydroxylation is 1. The van der Waals surface area contributed by atoms with Crippen molar-refractivity contribution in [2.24, 2.45) is 5.73 Å². The summed E-state index contributed by atoms with van der Waals surface area (Å²) in [6.45, 7) is 8.80. The van der Waals surface area contributed by atoms with E-state index < -0.39 is 8.07 Å². The maximum atomic E-state index is 11.4. The molecule has 0 aliphatic carbocycles. The molecule has 6 aromatic rings. The Morgan fingerprint density at radius 2 is 1.90 bits per heavy atom. The lowest BCUT2D eigenvalue weighted by Crippen LogP contribution is -2.22. The molecule has 11 heteroatoms. The predicted molar refractivity (Wildman–Crippen MR) is 174 cm³/mol. The fourth-order valence-corrected chi connectivity index (χ4v) is 7.06. The van der Waals surface area contributed by atoms with Crippen LogP contribution in [0.15, 0.2) is 61.1 Å². The molecule has 2 aromatic carbocycles. The number of carbonyl (C=O) groups is 1. The Morgan fingerprint density at radius 3 is 2.69 bits per heavy atom. The first-order valence-corrected chi connectivity index (χ1v) is 18.6. The van der Waals surface area contributed by atoms with Crippen LogP contribution in [0.5, 0.6) is 0 Å². The molecule has 4 aromatic heterocycles. The molecule has 0 unspecified atom stereocenters. The average Bonchev–Trinajstić information content (AvgIpc) is 3.65. The molecule has 216 valence electrons. The number of amides is 1. The summed E-state index contributed by atoms with van der Waals surface area (Å²) in [4.78, 5) is 21.4. The lowest BCUT2D eigenvalue weighted by Gasteiger charge is -2.16. The quantitative estimate of drug-likeness (QED) is 0.130. The molecule has 0 spiro atoms. The van der Waals surface area contributed by atoms with Crippen LogP contribution in [-0.4, -0.2) is 44.9 Å². The number of aromatic nitrogens is 5. The maximum absolute atomic E-state index is 11.4. The van der Waals surface area contributed by atoms with Crippen LogP contribution in [0.3, 0.4) is 0 Å². The lowest BCUT2D eigenvalue weighted by molar-refractivity contribution is -0.118. The molecule has 9 nitrogen and oxygen atoms in total. The van der Waals surface area contributed by atoms with Crippen LogP contribution in [0.1, 0.15) is 12.8 Å². The second-order valence-electron chi connectivity index (χ2n) is 11.9. The van der Waals surface area contributed by atoms with Crippen molar-refractivity contribution < 1.29 is 9.53 Å². The third kappa shape index (κ3) is 5.80. The Hall–Kier alpha value is -4.06. The second kappa shape index (κ2) is 11.3. The van der Waals surface area contributed by atoms with Gasteiger partial charge in [-0.05, 0) is 47.7 Å². The van der Waals surface area contributed by atoms with Gasteiger partial charge in [0.1, 0.15) is 12.2 Å². The highest BCUT2D eigenvalue weighted by Crippen LogP contribution is 2.41. The van der Waals surface area contributed by atoms with Crippen molar-refractivity contribution in [3.63, 3.8) is 0 Å². The predicted octanol–water partition coefficient (Wildman–Crippen LogP) is 6.49. The minimum absolute atomic E-state index is 0.215. The standard InChI is InChI=1S/C31H35N7O2SSi/c1-42(2,3)12-11-40-19-38-30-22(16-35-38)13-21(14-23(30)27-15-20-7-4-5-8-26(20)41-27)24-18-37(10-6-9-28(32)39)25-17-34-31(33)36-29(24)25/h4-5,7-8,13-18H,6,9-12,19H2,1-3H3,(H2,32,39)(H2,33,34,36). The molecule has 0 atom stereocenters. The summed E-state index contributed by atoms with van der Waals surface area (Å²) in [5.41, 5.74) is 17.1. The van der Waals surface area contributed by atoms with E-state index in [1.807, 2.05) is 10.9 Å². The maximum Gasteiger partial charge on any atom is 0.220 e. The van der Waals surface area contributed by atoms with E-state index in [2.05, 4.69) is 82.8 Å². The van der Waals surface area contributed by atoms with E-state index in [-0.39, 0.29) is 11.9 Å². The molecule has 0 aliphatic rings. The van der Waals surface area contributed by atoms with Crippen LogP contribution >= 0.6 is 11.3 Å². The largest absolute Gasteiger partial charge is 0.370 e. The first-order valence-electron chi connectivity index (χ1n) is 14.1. The van der Waals surface area contributed by atoms with Crippen molar-refractivity contribution in [2.45, 2.75) is 51.8 Å². The van der Waals surface area contributed by atoms with Gasteiger partial charge in [-0.15, -0.1) is 11.3 Å². The van der Waals surface area contributed by atoms with Crippen LogP contribution in [0.2, 0.25) is 25.7 Å². The zero-order valence-electron chi connectivity index (χ0n) is 24.1. The number of ether oxygens (including phenoxy) is 1. The number of rotatable bonds is 11. The third-order valence-corrected chi connectivity index (χ3v) is 10.3. The van der Waals surface area contributed by atoms with Crippen molar-refractivity contribution in [2.75, 3.05) is 12.3 Å². The Labute approximate surface area is 249 Å². The minimum atomic E-state index is -1.20. The number of fused-ring (bicyclic) bond motifs is 3. The number of hydrogen-bond acceptors (Lipinski definition) is 7. The monoisotopic (exact) mass is 597 g/mol. The number of carbonyl (C=O) groups excluding carboxylic acids is 1. The molecular weight excluding hydrogens is 563 g/mol. The van der Waals surface area contributed by atoms with Gasteiger partial charge in [0, 0.05) is 59.9 Å². The Bertz CT molecular complexity index is 1880. The molecule has 0 saturated heterocycles. The van der Waals surface area contributed by atoms with Crippen LogP contribution in [-0.2, 0) is 22.8 Å². The van der Waals surface area contributed by atoms with Crippen molar-refractivity contribution >= 4 is 63.3 Å². The van der Waals surface area contributed by atoms with Gasteiger partial charge in [-0.3, -0.25) is 4.79 Å². The molecule has 0 radical (unpaired) electrons. The number of nitrogen functional groups attached to an aromatic ring is 1. The fraction of sp³-hybridized carbons (Fsp3) is 0.290. The highest BCUT2D eigenvalue weighted by molar-refractivity contribution is 7.22. The van der Waals surface area contributed by atoms with E-state index in [1.165, 1.54) is 10.1 Å². The Kier molecular flexibility index (Phi) is 7.56. The summed E-state index contributed by atoms with van der Waals surface area (Å²) < 4.78 is 11.4. The fourth-order valence-electron chi connectivity index (χ4n) is 5.22. The summed E-state index contributed by atoms with van der Waals surface area (Å²) in [6, 6.07) is 16.2. The Balaban J connectivity index is 1.47. The summed E-state index contributed by atoms with van der Waals surface area (Å²) in [5.74, 6) is -0.0974. The van der Waals surface area contributed by atoms with E-state index in [0.29, 0.717) is 26.1 Å². The second-order valence-corrected chi connectivity index (χ2v) is 18.6. The van der Waals surface area contributed by atoms with Gasteiger partial charge in [0.25, 0.3) is 0 Å². The normalized spacial score (nSPS) is 12.2. The van der Waals surface area contributed by atoms with Crippen molar-refractivity contribution in [3.05, 3.63) is 61.1 Å². The molecule has 0 saturated carbocycles. The summed E-state index contributed by atoms with van der Waals surface area (Å²) in [5, 5.41) is 6.98. The van der Waals surface area contributed by atoms with E-state index in [0.717, 1.165) is 56.2 Å². The molecule has 4 N–H and O–H groups in total. The van der Waals surface area contributed by atoms with E-state index in [9.17, 15) is 4.79 Å². The number of hydrogen-bond donors (Lipinski definition) is 2. The smallest absolute Gasteiger partial charge is 0.220 e. The first kappa shape index (κ1) is 28.1. The van der Waals surface area contributed by atoms with Crippen molar-refractivity contribution in [1.29, 1.82) is 0 Å². The number of primary amides is 1. The molecule has 6 rings (SSSR count). The van der Waals surface area contributed by atoms with Crippen LogP contribution in [0.25, 0.3) is 53.6 Å². The van der Waals surface area contributed by atoms with Crippen molar-refractivity contribution in [1.82, 2.24) is 24.3 Å². The molecule has 0 fully saturated rings. The highest BCUT2D eigenvalue weighted by atomic mass is 32.1. The summed E-state index contributed by atoms with van der Waals surface area (Å²) in [6.07, 6.45) is 6.66. The van der Waals surface area contributed by atoms with E-state index >= 15 is 0 Å². The summed E-state index contributed by atoms with van der Waals surface area (Å²) in [7, 11) is -1.20. The highest BCUT2D eigenvalue weighted by Gasteiger charge is 2.19. The van der Waals surface area contributed by atoms with E-state index in [1.54, 1.807) is 17.5 Å². The van der Waals surface area contributed by atoms with Gasteiger partial charge in [0.2, 0.25) is 11.9 Å². The molecule has 42 heavy (non-hydrogen) atoms. The molecule has 0 bridgehead atoms. The molecule has 4 heterocycles. The molecular formula is C31H35N7O2SSi. The van der Waals surface area contributed by atoms with Gasteiger partial charge in [0.05, 0.1) is 23.4 Å². The number of nitrogens with zero attached hydrogens (tertiary/aromatic N) is 5. The summed E-state index contributed by atoms with van der Waals surface area (Å²) >= 11 is 1.77. The van der Waals surface area contributed by atoms with Gasteiger partial charge in [0.15, 0.2) is 0 Å². The minimum Gasteiger partial charge on any atom is -0.370 e. The lowest BCUT2D eigenvalue weighted by atomic mass is 10.0. The van der Waals surface area contributed by atoms with E-state index in [4.69, 9.17) is 21.3 Å². The average molecular weight is 598 g/mol. The molecule has 0 aliphatic heterocycles. The van der Waals surface area contributed by atoms with Crippen LogP contribution < -0.4 is 11.5 Å². The third-order valence-electron chi connectivity index (χ3n) is 7.41. The number of anilines is 1. The number of thiophene rings is 1. The Morgan fingerprint density at radius 1 is 1.07 bits per heavy atom. The topological polar surface area (TPSA) is 127 Å². The molecule has 1 amide bonds. The van der Waals surface area contributed by atoms with Gasteiger partial charge in [-0.2, -0.15) is 5.10 Å². The van der Waals surface area contributed by atoms with Gasteiger partial charge in [-0.25, -0.2) is 14.6 Å². The zero-order chi connectivity index (χ0) is 29.4.